The average molecular weight is 357 g/mol. The van der Waals surface area contributed by atoms with E-state index >= 15 is 0 Å². The van der Waals surface area contributed by atoms with Crippen LogP contribution in [0.5, 0.6) is 0 Å². The van der Waals surface area contributed by atoms with Gasteiger partial charge in [0.1, 0.15) is 5.78 Å². The minimum atomic E-state index is -0.232. The van der Waals surface area contributed by atoms with Crippen molar-refractivity contribution in [2.24, 2.45) is 17.3 Å². The quantitative estimate of drug-likeness (QED) is 0.681. The molecule has 4 aliphatic carbocycles. The van der Waals surface area contributed by atoms with Gasteiger partial charge in [-0.25, -0.2) is 4.42 Å². The second kappa shape index (κ2) is 6.30. The Hall–Kier alpha value is -2.48. The highest BCUT2D eigenvalue weighted by Gasteiger charge is 2.51. The van der Waals surface area contributed by atoms with Crippen molar-refractivity contribution in [3.63, 3.8) is 0 Å². The number of hydrogen-bond donors (Lipinski definition) is 0. The lowest BCUT2D eigenvalue weighted by molar-refractivity contribution is -0.473. The van der Waals surface area contributed by atoms with Gasteiger partial charge in [0.05, 0.1) is 0 Å². The molecule has 1 aromatic carbocycles. The van der Waals surface area contributed by atoms with Crippen molar-refractivity contribution < 1.29 is 9.22 Å². The van der Waals surface area contributed by atoms with Crippen LogP contribution in [0.25, 0.3) is 0 Å². The summed E-state index contributed by atoms with van der Waals surface area (Å²) >= 11 is 0. The summed E-state index contributed by atoms with van der Waals surface area (Å²) in [6, 6.07) is 10.3. The Balaban J connectivity index is 1.45. The SMILES string of the molecule is C[C@]12C=CC3=C4C=CC(=[O+]Cc5ccccc5)C=C4CC[C@H]3[C@@H]1CCC2=O. The van der Waals surface area contributed by atoms with Crippen molar-refractivity contribution >= 4 is 11.6 Å². The minimum Gasteiger partial charge on any atom is -0.299 e. The molecule has 0 amide bonds. The van der Waals surface area contributed by atoms with Crippen LogP contribution in [0.2, 0.25) is 0 Å². The molecule has 2 heteroatoms. The van der Waals surface area contributed by atoms with Crippen LogP contribution in [0.3, 0.4) is 0 Å². The maximum Gasteiger partial charge on any atom is 0.344 e. The summed E-state index contributed by atoms with van der Waals surface area (Å²) in [6.45, 7) is 2.75. The zero-order chi connectivity index (χ0) is 18.4. The van der Waals surface area contributed by atoms with Gasteiger partial charge in [-0.05, 0) is 73.0 Å². The van der Waals surface area contributed by atoms with Gasteiger partial charge in [-0.3, -0.25) is 4.79 Å². The fourth-order valence-corrected chi connectivity index (χ4v) is 5.35. The van der Waals surface area contributed by atoms with E-state index in [4.69, 9.17) is 4.42 Å². The molecule has 0 N–H and O–H groups in total. The van der Waals surface area contributed by atoms with E-state index in [-0.39, 0.29) is 5.41 Å². The summed E-state index contributed by atoms with van der Waals surface area (Å²) in [5.74, 6) is 2.37. The monoisotopic (exact) mass is 357 g/mol. The van der Waals surface area contributed by atoms with Crippen LogP contribution in [-0.4, -0.2) is 11.6 Å². The Morgan fingerprint density at radius 3 is 2.78 bits per heavy atom. The molecule has 27 heavy (non-hydrogen) atoms. The zero-order valence-corrected chi connectivity index (χ0v) is 15.8. The van der Waals surface area contributed by atoms with Gasteiger partial charge in [0.25, 0.3) is 6.61 Å². The third-order valence-electron chi connectivity index (χ3n) is 6.91. The fourth-order valence-electron chi connectivity index (χ4n) is 5.35. The van der Waals surface area contributed by atoms with E-state index in [0.29, 0.717) is 24.2 Å². The smallest absolute Gasteiger partial charge is 0.299 e. The van der Waals surface area contributed by atoms with Gasteiger partial charge in [-0.15, -0.1) is 0 Å². The second-order valence-corrected chi connectivity index (χ2v) is 8.38. The van der Waals surface area contributed by atoms with E-state index in [0.717, 1.165) is 31.5 Å². The molecule has 5 rings (SSSR count). The van der Waals surface area contributed by atoms with Crippen LogP contribution in [0.4, 0.5) is 0 Å². The first-order valence-corrected chi connectivity index (χ1v) is 10.0. The van der Waals surface area contributed by atoms with Gasteiger partial charge in [-0.2, -0.15) is 0 Å². The largest absolute Gasteiger partial charge is 0.344 e. The van der Waals surface area contributed by atoms with Gasteiger partial charge in [0, 0.05) is 29.6 Å². The summed E-state index contributed by atoms with van der Waals surface area (Å²) in [6.07, 6.45) is 15.0. The van der Waals surface area contributed by atoms with Crippen LogP contribution in [0.15, 0.2) is 77.4 Å². The standard InChI is InChI=1S/C25H25O2/c1-25-14-13-21-20-10-8-19(27-16-17-5-3-2-4-6-17)15-18(20)7-9-22(21)23(25)11-12-24(25)26/h2-6,8,10,13-15,22-23H,7,9,11-12,16H2,1H3/q+1/t22-,23+,25+/m1/s1. The normalized spacial score (nSPS) is 33.0. The summed E-state index contributed by atoms with van der Waals surface area (Å²) < 4.78 is 6.02. The molecule has 0 bridgehead atoms. The summed E-state index contributed by atoms with van der Waals surface area (Å²) in [5, 5.41) is 0. The predicted molar refractivity (Wildman–Crippen MR) is 107 cm³/mol. The van der Waals surface area contributed by atoms with Gasteiger partial charge in [-0.1, -0.05) is 30.4 Å². The molecule has 0 aromatic heterocycles. The highest BCUT2D eigenvalue weighted by atomic mass is 16.4. The lowest BCUT2D eigenvalue weighted by atomic mass is 9.61. The van der Waals surface area contributed by atoms with Gasteiger partial charge >= 0.3 is 5.78 Å². The first-order valence-electron chi connectivity index (χ1n) is 10.0. The van der Waals surface area contributed by atoms with Crippen LogP contribution >= 0.6 is 0 Å². The summed E-state index contributed by atoms with van der Waals surface area (Å²) in [4.78, 5) is 12.4. The van der Waals surface area contributed by atoms with Gasteiger partial charge < -0.3 is 0 Å². The maximum atomic E-state index is 12.4. The number of Topliss-reactive ketones (excluding diaryl/α,β-unsaturated/α-hetero) is 1. The van der Waals surface area contributed by atoms with E-state index in [2.05, 4.69) is 49.4 Å². The van der Waals surface area contributed by atoms with Crippen LogP contribution in [0, 0.1) is 17.3 Å². The molecule has 0 saturated heterocycles. The predicted octanol–water partition coefficient (Wildman–Crippen LogP) is 5.05. The summed E-state index contributed by atoms with van der Waals surface area (Å²) in [5.41, 5.74) is 5.12. The highest BCUT2D eigenvalue weighted by Crippen LogP contribution is 2.55. The molecular formula is C25H25O2+. The maximum absolute atomic E-state index is 12.4. The second-order valence-electron chi connectivity index (χ2n) is 8.38. The Kier molecular flexibility index (Phi) is 3.89. The Morgan fingerprint density at radius 1 is 1.07 bits per heavy atom. The third kappa shape index (κ3) is 2.70. The molecule has 0 spiro atoms. The number of carbonyl (C=O) groups is 1. The van der Waals surface area contributed by atoms with Gasteiger partial charge in [0.15, 0.2) is 0 Å². The number of fused-ring (bicyclic) bond motifs is 4. The number of rotatable bonds is 2. The number of ketones is 2. The van der Waals surface area contributed by atoms with Crippen molar-refractivity contribution in [1.82, 2.24) is 0 Å². The van der Waals surface area contributed by atoms with E-state index in [1.807, 2.05) is 18.2 Å². The van der Waals surface area contributed by atoms with Crippen molar-refractivity contribution in [2.75, 3.05) is 0 Å². The highest BCUT2D eigenvalue weighted by molar-refractivity contribution is 6.03. The molecule has 1 fully saturated rings. The molecule has 136 valence electrons. The van der Waals surface area contributed by atoms with Crippen molar-refractivity contribution in [3.8, 4) is 0 Å². The molecule has 4 aliphatic rings. The fraction of sp³-hybridized carbons (Fsp3) is 0.360. The van der Waals surface area contributed by atoms with Gasteiger partial charge in [0.2, 0.25) is 0 Å². The summed E-state index contributed by atoms with van der Waals surface area (Å²) in [7, 11) is 0. The molecule has 1 aromatic rings. The van der Waals surface area contributed by atoms with E-state index in [1.54, 1.807) is 0 Å². The molecule has 0 heterocycles. The number of hydrogen-bond acceptors (Lipinski definition) is 1. The molecule has 0 aliphatic heterocycles. The van der Waals surface area contributed by atoms with Crippen LogP contribution in [0.1, 0.15) is 38.2 Å². The zero-order valence-electron chi connectivity index (χ0n) is 15.8. The van der Waals surface area contributed by atoms with E-state index in [9.17, 15) is 4.79 Å². The molecule has 1 saturated carbocycles. The molecule has 3 atom stereocenters. The molecule has 0 radical (unpaired) electrons. The Labute approximate surface area is 160 Å². The van der Waals surface area contributed by atoms with E-state index in [1.165, 1.54) is 22.3 Å². The van der Waals surface area contributed by atoms with Crippen molar-refractivity contribution in [1.29, 1.82) is 0 Å². The van der Waals surface area contributed by atoms with E-state index < -0.39 is 0 Å². The first-order chi connectivity index (χ1) is 13.1. The number of carbonyl (C=O) groups excluding carboxylic acids is 2. The number of benzene rings is 1. The molecule has 2 nitrogen and oxygen atoms in total. The lowest BCUT2D eigenvalue weighted by Gasteiger charge is -2.41. The topological polar surface area (TPSA) is 28.4 Å². The molecular weight excluding hydrogens is 332 g/mol. The number of allylic oxidation sites excluding steroid dienone is 8. The van der Waals surface area contributed by atoms with Crippen molar-refractivity contribution in [3.05, 3.63) is 83.0 Å². The Morgan fingerprint density at radius 2 is 1.93 bits per heavy atom. The average Bonchev–Trinajstić information content (AvgIpc) is 3.01. The third-order valence-corrected chi connectivity index (χ3v) is 6.91. The van der Waals surface area contributed by atoms with Crippen LogP contribution in [-0.2, 0) is 15.8 Å². The van der Waals surface area contributed by atoms with Crippen molar-refractivity contribution in [2.45, 2.75) is 39.2 Å². The van der Waals surface area contributed by atoms with Crippen LogP contribution < -0.4 is 0 Å². The molecule has 0 unspecified atom stereocenters. The minimum absolute atomic E-state index is 0.232. The Bertz CT molecular complexity index is 942. The lowest BCUT2D eigenvalue weighted by Crippen LogP contribution is -2.37. The first kappa shape index (κ1) is 16.7.